The lowest BCUT2D eigenvalue weighted by atomic mass is 9.75. The minimum Gasteiger partial charge on any atom is -0.313 e. The predicted molar refractivity (Wildman–Crippen MR) is 65.1 cm³/mol. The van der Waals surface area contributed by atoms with Gasteiger partial charge in [0.25, 0.3) is 0 Å². The van der Waals surface area contributed by atoms with Gasteiger partial charge in [0.05, 0.1) is 0 Å². The third-order valence-electron chi connectivity index (χ3n) is 4.40. The molecule has 2 rings (SSSR count). The summed E-state index contributed by atoms with van der Waals surface area (Å²) in [6.07, 6.45) is 11.2. The van der Waals surface area contributed by atoms with Crippen molar-refractivity contribution in [2.75, 3.05) is 13.1 Å². The molecule has 2 aliphatic carbocycles. The lowest BCUT2D eigenvalue weighted by molar-refractivity contribution is 0.178. The van der Waals surface area contributed by atoms with Crippen molar-refractivity contribution in [3.05, 3.63) is 0 Å². The SMILES string of the molecule is CCC1(NCCNC2CCCC2)CCC1. The van der Waals surface area contributed by atoms with E-state index in [4.69, 9.17) is 0 Å². The number of hydrogen-bond donors (Lipinski definition) is 2. The molecule has 0 radical (unpaired) electrons. The summed E-state index contributed by atoms with van der Waals surface area (Å²) >= 11 is 0. The van der Waals surface area contributed by atoms with Gasteiger partial charge in [-0.2, -0.15) is 0 Å². The van der Waals surface area contributed by atoms with E-state index in [-0.39, 0.29) is 0 Å². The molecule has 0 aliphatic heterocycles. The Labute approximate surface area is 94.2 Å². The van der Waals surface area contributed by atoms with E-state index in [1.54, 1.807) is 0 Å². The van der Waals surface area contributed by atoms with Crippen LogP contribution in [0.1, 0.15) is 58.3 Å². The van der Waals surface area contributed by atoms with E-state index < -0.39 is 0 Å². The molecule has 2 fully saturated rings. The van der Waals surface area contributed by atoms with E-state index in [0.29, 0.717) is 5.54 Å². The van der Waals surface area contributed by atoms with Gasteiger partial charge in [-0.15, -0.1) is 0 Å². The highest BCUT2D eigenvalue weighted by molar-refractivity contribution is 4.94. The molecule has 88 valence electrons. The van der Waals surface area contributed by atoms with Crippen LogP contribution in [0, 0.1) is 0 Å². The lowest BCUT2D eigenvalue weighted by Crippen LogP contribution is -2.52. The second-order valence-corrected chi connectivity index (χ2v) is 5.35. The first-order chi connectivity index (χ1) is 7.35. The molecular weight excluding hydrogens is 184 g/mol. The minimum absolute atomic E-state index is 0.525. The topological polar surface area (TPSA) is 24.1 Å². The standard InChI is InChI=1S/C13H26N2/c1-2-13(8-5-9-13)15-11-10-14-12-6-3-4-7-12/h12,14-15H,2-11H2,1H3. The Morgan fingerprint density at radius 1 is 1.07 bits per heavy atom. The number of rotatable bonds is 6. The maximum atomic E-state index is 3.74. The molecule has 0 amide bonds. The maximum absolute atomic E-state index is 3.74. The molecule has 2 saturated carbocycles. The molecule has 0 bridgehead atoms. The van der Waals surface area contributed by atoms with E-state index in [2.05, 4.69) is 17.6 Å². The quantitative estimate of drug-likeness (QED) is 0.658. The largest absolute Gasteiger partial charge is 0.313 e. The second-order valence-electron chi connectivity index (χ2n) is 5.35. The first kappa shape index (κ1) is 11.4. The van der Waals surface area contributed by atoms with Gasteiger partial charge in [0.1, 0.15) is 0 Å². The lowest BCUT2D eigenvalue weighted by Gasteiger charge is -2.42. The van der Waals surface area contributed by atoms with Crippen LogP contribution >= 0.6 is 0 Å². The maximum Gasteiger partial charge on any atom is 0.0179 e. The van der Waals surface area contributed by atoms with Crippen molar-refractivity contribution in [2.45, 2.75) is 69.9 Å². The average molecular weight is 210 g/mol. The fourth-order valence-corrected chi connectivity index (χ4v) is 2.99. The van der Waals surface area contributed by atoms with Gasteiger partial charge in [-0.05, 0) is 38.5 Å². The van der Waals surface area contributed by atoms with Gasteiger partial charge in [0, 0.05) is 24.7 Å². The molecule has 0 aromatic rings. The van der Waals surface area contributed by atoms with Crippen molar-refractivity contribution >= 4 is 0 Å². The van der Waals surface area contributed by atoms with Crippen LogP contribution < -0.4 is 10.6 Å². The fraction of sp³-hybridized carbons (Fsp3) is 1.00. The van der Waals surface area contributed by atoms with Gasteiger partial charge >= 0.3 is 0 Å². The van der Waals surface area contributed by atoms with Crippen molar-refractivity contribution in [1.82, 2.24) is 10.6 Å². The summed E-state index contributed by atoms with van der Waals surface area (Å²) in [6, 6.07) is 0.825. The summed E-state index contributed by atoms with van der Waals surface area (Å²) in [5.41, 5.74) is 0.525. The van der Waals surface area contributed by atoms with Gasteiger partial charge < -0.3 is 10.6 Å². The molecule has 2 N–H and O–H groups in total. The molecule has 0 aromatic carbocycles. The highest BCUT2D eigenvalue weighted by Gasteiger charge is 2.33. The average Bonchev–Trinajstić information content (AvgIpc) is 2.68. The highest BCUT2D eigenvalue weighted by atomic mass is 15.0. The Balaban J connectivity index is 1.54. The first-order valence-electron chi connectivity index (χ1n) is 6.83. The summed E-state index contributed by atoms with van der Waals surface area (Å²) < 4.78 is 0. The summed E-state index contributed by atoms with van der Waals surface area (Å²) in [5.74, 6) is 0. The van der Waals surface area contributed by atoms with Gasteiger partial charge in [-0.3, -0.25) is 0 Å². The molecule has 0 aromatic heterocycles. The highest BCUT2D eigenvalue weighted by Crippen LogP contribution is 2.34. The number of hydrogen-bond acceptors (Lipinski definition) is 2. The number of nitrogens with one attached hydrogen (secondary N) is 2. The Bertz CT molecular complexity index is 175. The van der Waals surface area contributed by atoms with Crippen LogP contribution in [0.25, 0.3) is 0 Å². The van der Waals surface area contributed by atoms with E-state index in [0.717, 1.165) is 19.1 Å². The second kappa shape index (κ2) is 5.31. The molecule has 2 heteroatoms. The molecule has 2 nitrogen and oxygen atoms in total. The van der Waals surface area contributed by atoms with Crippen molar-refractivity contribution < 1.29 is 0 Å². The predicted octanol–water partition coefficient (Wildman–Crippen LogP) is 2.44. The van der Waals surface area contributed by atoms with Gasteiger partial charge in [-0.25, -0.2) is 0 Å². The Kier molecular flexibility index (Phi) is 4.04. The molecular formula is C13H26N2. The fourth-order valence-electron chi connectivity index (χ4n) is 2.99. The molecule has 0 unspecified atom stereocenters. The zero-order valence-corrected chi connectivity index (χ0v) is 10.1. The van der Waals surface area contributed by atoms with Crippen LogP contribution in [-0.4, -0.2) is 24.7 Å². The van der Waals surface area contributed by atoms with E-state index in [1.807, 2.05) is 0 Å². The molecule has 0 saturated heterocycles. The van der Waals surface area contributed by atoms with Crippen LogP contribution in [0.2, 0.25) is 0 Å². The van der Waals surface area contributed by atoms with E-state index in [1.165, 1.54) is 51.4 Å². The van der Waals surface area contributed by atoms with Gasteiger partial charge in [0.2, 0.25) is 0 Å². The van der Waals surface area contributed by atoms with Crippen LogP contribution in [0.4, 0.5) is 0 Å². The summed E-state index contributed by atoms with van der Waals surface area (Å²) in [7, 11) is 0. The summed E-state index contributed by atoms with van der Waals surface area (Å²) in [4.78, 5) is 0. The molecule has 2 aliphatic rings. The van der Waals surface area contributed by atoms with Crippen LogP contribution in [0.15, 0.2) is 0 Å². The first-order valence-corrected chi connectivity index (χ1v) is 6.83. The molecule has 0 heterocycles. The van der Waals surface area contributed by atoms with Crippen molar-refractivity contribution in [1.29, 1.82) is 0 Å². The third kappa shape index (κ3) is 2.94. The van der Waals surface area contributed by atoms with Crippen LogP contribution in [0.3, 0.4) is 0 Å². The zero-order valence-electron chi connectivity index (χ0n) is 10.1. The van der Waals surface area contributed by atoms with Crippen molar-refractivity contribution in [3.63, 3.8) is 0 Å². The molecule has 0 atom stereocenters. The van der Waals surface area contributed by atoms with Crippen molar-refractivity contribution in [3.8, 4) is 0 Å². The Morgan fingerprint density at radius 2 is 1.80 bits per heavy atom. The van der Waals surface area contributed by atoms with Crippen LogP contribution in [0.5, 0.6) is 0 Å². The Morgan fingerprint density at radius 3 is 2.33 bits per heavy atom. The van der Waals surface area contributed by atoms with Crippen molar-refractivity contribution in [2.24, 2.45) is 0 Å². The van der Waals surface area contributed by atoms with E-state index >= 15 is 0 Å². The minimum atomic E-state index is 0.525. The monoisotopic (exact) mass is 210 g/mol. The summed E-state index contributed by atoms with van der Waals surface area (Å²) in [6.45, 7) is 4.63. The van der Waals surface area contributed by atoms with Crippen LogP contribution in [-0.2, 0) is 0 Å². The molecule has 15 heavy (non-hydrogen) atoms. The Hall–Kier alpha value is -0.0800. The smallest absolute Gasteiger partial charge is 0.0179 e. The third-order valence-corrected chi connectivity index (χ3v) is 4.40. The molecule has 0 spiro atoms. The normalized spacial score (nSPS) is 25.4. The van der Waals surface area contributed by atoms with E-state index in [9.17, 15) is 0 Å². The van der Waals surface area contributed by atoms with Gasteiger partial charge in [0.15, 0.2) is 0 Å². The zero-order chi connectivity index (χ0) is 10.6. The summed E-state index contributed by atoms with van der Waals surface area (Å²) in [5, 5.41) is 7.41. The van der Waals surface area contributed by atoms with Gasteiger partial charge in [-0.1, -0.05) is 19.8 Å².